The molecule has 0 spiro atoms. The quantitative estimate of drug-likeness (QED) is 0.750. The van der Waals surface area contributed by atoms with Crippen molar-refractivity contribution >= 4 is 0 Å². The Morgan fingerprint density at radius 2 is 1.93 bits per heavy atom. The van der Waals surface area contributed by atoms with Gasteiger partial charge < -0.3 is 5.11 Å². The van der Waals surface area contributed by atoms with Crippen molar-refractivity contribution in [2.24, 2.45) is 17.8 Å². The highest BCUT2D eigenvalue weighted by Crippen LogP contribution is 2.49. The van der Waals surface area contributed by atoms with Gasteiger partial charge in [0.25, 0.3) is 0 Å². The van der Waals surface area contributed by atoms with Gasteiger partial charge in [0, 0.05) is 19.2 Å². The molecule has 1 aliphatic heterocycles. The molecule has 4 atom stereocenters. The van der Waals surface area contributed by atoms with E-state index in [9.17, 15) is 5.11 Å². The predicted molar refractivity (Wildman–Crippen MR) is 60.6 cm³/mol. The summed E-state index contributed by atoms with van der Waals surface area (Å²) >= 11 is 0. The first kappa shape index (κ1) is 10.1. The summed E-state index contributed by atoms with van der Waals surface area (Å²) in [5, 5.41) is 9.26. The van der Waals surface area contributed by atoms with Gasteiger partial charge in [-0.05, 0) is 62.8 Å². The zero-order valence-corrected chi connectivity index (χ0v) is 9.57. The normalized spacial score (nSPS) is 46.2. The molecule has 4 unspecified atom stereocenters. The molecule has 2 heteroatoms. The smallest absolute Gasteiger partial charge is 0.0471 e. The Morgan fingerprint density at radius 3 is 2.60 bits per heavy atom. The van der Waals surface area contributed by atoms with E-state index >= 15 is 0 Å². The molecule has 86 valence electrons. The zero-order valence-electron chi connectivity index (χ0n) is 9.57. The molecule has 15 heavy (non-hydrogen) atoms. The molecule has 1 heterocycles. The average molecular weight is 209 g/mol. The standard InChI is InChI=1S/C13H23NO/c15-9-10-2-1-7-14(8-10)13-6-4-11-3-5-12(11)13/h10-13,15H,1-9H2. The van der Waals surface area contributed by atoms with Gasteiger partial charge in [-0.15, -0.1) is 0 Å². The number of aliphatic hydroxyl groups excluding tert-OH is 1. The lowest BCUT2D eigenvalue weighted by atomic mass is 9.74. The first-order chi connectivity index (χ1) is 7.38. The fourth-order valence-electron chi connectivity index (χ4n) is 4.06. The molecule has 2 nitrogen and oxygen atoms in total. The van der Waals surface area contributed by atoms with Crippen LogP contribution in [-0.2, 0) is 0 Å². The van der Waals surface area contributed by atoms with Crippen LogP contribution in [0.2, 0.25) is 0 Å². The summed E-state index contributed by atoms with van der Waals surface area (Å²) in [7, 11) is 0. The highest BCUT2D eigenvalue weighted by atomic mass is 16.3. The van der Waals surface area contributed by atoms with Crippen LogP contribution in [0.4, 0.5) is 0 Å². The second kappa shape index (κ2) is 4.06. The zero-order chi connectivity index (χ0) is 10.3. The Kier molecular flexibility index (Phi) is 2.73. The molecule has 3 fully saturated rings. The Labute approximate surface area is 92.7 Å². The molecule has 2 aliphatic carbocycles. The van der Waals surface area contributed by atoms with Crippen LogP contribution in [0.15, 0.2) is 0 Å². The monoisotopic (exact) mass is 209 g/mol. The minimum absolute atomic E-state index is 0.400. The molecule has 0 radical (unpaired) electrons. The summed E-state index contributed by atoms with van der Waals surface area (Å²) in [6.07, 6.45) is 8.45. The Morgan fingerprint density at radius 1 is 1.07 bits per heavy atom. The number of nitrogens with zero attached hydrogens (tertiary/aromatic N) is 1. The SMILES string of the molecule is OCC1CCCN(C2CCC3CCC32)C1. The van der Waals surface area contributed by atoms with Crippen molar-refractivity contribution in [3.8, 4) is 0 Å². The van der Waals surface area contributed by atoms with E-state index in [1.807, 2.05) is 0 Å². The van der Waals surface area contributed by atoms with Crippen LogP contribution in [0.1, 0.15) is 38.5 Å². The summed E-state index contributed by atoms with van der Waals surface area (Å²) in [5.74, 6) is 2.67. The highest BCUT2D eigenvalue weighted by Gasteiger charge is 2.45. The Bertz CT molecular complexity index is 231. The minimum atomic E-state index is 0.400. The van der Waals surface area contributed by atoms with Crippen LogP contribution in [0, 0.1) is 17.8 Å². The van der Waals surface area contributed by atoms with Gasteiger partial charge in [-0.1, -0.05) is 0 Å². The van der Waals surface area contributed by atoms with Gasteiger partial charge in [0.05, 0.1) is 0 Å². The third-order valence-electron chi connectivity index (χ3n) is 5.08. The molecule has 3 rings (SSSR count). The van der Waals surface area contributed by atoms with Crippen molar-refractivity contribution in [3.05, 3.63) is 0 Å². The first-order valence-corrected chi connectivity index (χ1v) is 6.73. The number of likely N-dealkylation sites (tertiary alicyclic amines) is 1. The molecule has 0 amide bonds. The molecule has 2 saturated carbocycles. The molecular formula is C13H23NO. The van der Waals surface area contributed by atoms with Crippen molar-refractivity contribution in [2.75, 3.05) is 19.7 Å². The van der Waals surface area contributed by atoms with Crippen LogP contribution in [0.3, 0.4) is 0 Å². The molecular weight excluding hydrogens is 186 g/mol. The number of fused-ring (bicyclic) bond motifs is 1. The maximum absolute atomic E-state index is 9.26. The molecule has 1 N–H and O–H groups in total. The summed E-state index contributed by atoms with van der Waals surface area (Å²) in [6.45, 7) is 2.87. The van der Waals surface area contributed by atoms with E-state index in [0.717, 1.165) is 17.9 Å². The average Bonchev–Trinajstić information content (AvgIpc) is 2.54. The predicted octanol–water partition coefficient (Wildman–Crippen LogP) is 1.88. The van der Waals surface area contributed by atoms with E-state index in [-0.39, 0.29) is 0 Å². The lowest BCUT2D eigenvalue weighted by Gasteiger charge is -2.43. The largest absolute Gasteiger partial charge is 0.396 e. The van der Waals surface area contributed by atoms with Gasteiger partial charge in [-0.25, -0.2) is 0 Å². The van der Waals surface area contributed by atoms with Crippen LogP contribution in [-0.4, -0.2) is 35.7 Å². The van der Waals surface area contributed by atoms with E-state index in [4.69, 9.17) is 0 Å². The molecule has 3 aliphatic rings. The van der Waals surface area contributed by atoms with Gasteiger partial charge in [-0.3, -0.25) is 4.90 Å². The van der Waals surface area contributed by atoms with Gasteiger partial charge >= 0.3 is 0 Å². The number of hydrogen-bond donors (Lipinski definition) is 1. The maximum atomic E-state index is 9.26. The Balaban J connectivity index is 1.61. The summed E-state index contributed by atoms with van der Waals surface area (Å²) in [6, 6.07) is 0.887. The highest BCUT2D eigenvalue weighted by molar-refractivity contribution is 4.98. The summed E-state index contributed by atoms with van der Waals surface area (Å²) < 4.78 is 0. The van der Waals surface area contributed by atoms with Crippen molar-refractivity contribution in [3.63, 3.8) is 0 Å². The first-order valence-electron chi connectivity index (χ1n) is 6.73. The van der Waals surface area contributed by atoms with E-state index in [2.05, 4.69) is 4.90 Å². The van der Waals surface area contributed by atoms with E-state index in [1.165, 1.54) is 51.6 Å². The fourth-order valence-corrected chi connectivity index (χ4v) is 4.06. The second-order valence-electron chi connectivity index (χ2n) is 5.83. The molecule has 0 aromatic carbocycles. The molecule has 0 aromatic rings. The minimum Gasteiger partial charge on any atom is -0.396 e. The van der Waals surface area contributed by atoms with Crippen molar-refractivity contribution in [1.29, 1.82) is 0 Å². The van der Waals surface area contributed by atoms with Gasteiger partial charge in [-0.2, -0.15) is 0 Å². The van der Waals surface area contributed by atoms with Crippen LogP contribution < -0.4 is 0 Å². The topological polar surface area (TPSA) is 23.5 Å². The second-order valence-corrected chi connectivity index (χ2v) is 5.83. The third kappa shape index (κ3) is 1.72. The Hall–Kier alpha value is -0.0800. The van der Waals surface area contributed by atoms with Gasteiger partial charge in [0.1, 0.15) is 0 Å². The number of rotatable bonds is 2. The van der Waals surface area contributed by atoms with Crippen molar-refractivity contribution < 1.29 is 5.11 Å². The van der Waals surface area contributed by atoms with E-state index in [1.54, 1.807) is 0 Å². The molecule has 0 aromatic heterocycles. The molecule has 0 bridgehead atoms. The van der Waals surface area contributed by atoms with E-state index in [0.29, 0.717) is 12.5 Å². The van der Waals surface area contributed by atoms with Crippen LogP contribution in [0.25, 0.3) is 0 Å². The molecule has 1 saturated heterocycles. The summed E-state index contributed by atoms with van der Waals surface area (Å²) in [5.41, 5.74) is 0. The maximum Gasteiger partial charge on any atom is 0.0471 e. The number of hydrogen-bond acceptors (Lipinski definition) is 2. The van der Waals surface area contributed by atoms with Crippen LogP contribution >= 0.6 is 0 Å². The van der Waals surface area contributed by atoms with E-state index < -0.39 is 0 Å². The third-order valence-corrected chi connectivity index (χ3v) is 5.08. The fraction of sp³-hybridized carbons (Fsp3) is 1.00. The van der Waals surface area contributed by atoms with Gasteiger partial charge in [0.15, 0.2) is 0 Å². The lowest BCUT2D eigenvalue weighted by molar-refractivity contribution is 0.0450. The van der Waals surface area contributed by atoms with Gasteiger partial charge in [0.2, 0.25) is 0 Å². The summed E-state index contributed by atoms with van der Waals surface area (Å²) in [4.78, 5) is 2.70. The van der Waals surface area contributed by atoms with Crippen molar-refractivity contribution in [2.45, 2.75) is 44.6 Å². The number of aliphatic hydroxyl groups is 1. The van der Waals surface area contributed by atoms with Crippen LogP contribution in [0.5, 0.6) is 0 Å². The van der Waals surface area contributed by atoms with Crippen molar-refractivity contribution in [1.82, 2.24) is 4.90 Å². The number of piperidine rings is 1. The lowest BCUT2D eigenvalue weighted by Crippen LogP contribution is -2.47.